The Balaban J connectivity index is 2.49. The predicted octanol–water partition coefficient (Wildman–Crippen LogP) is 1.52. The summed E-state index contributed by atoms with van der Waals surface area (Å²) in [5.74, 6) is -0.506. The lowest BCUT2D eigenvalue weighted by atomic mass is 10.0. The maximum atomic E-state index is 11.9. The van der Waals surface area contributed by atoms with Gasteiger partial charge in [-0.05, 0) is 19.3 Å². The maximum absolute atomic E-state index is 11.9. The first kappa shape index (κ1) is 15.7. The van der Waals surface area contributed by atoms with E-state index in [0.29, 0.717) is 12.8 Å². The van der Waals surface area contributed by atoms with Gasteiger partial charge in [-0.25, -0.2) is 13.1 Å². The third kappa shape index (κ3) is 5.11. The molecule has 0 amide bonds. The van der Waals surface area contributed by atoms with Gasteiger partial charge >= 0.3 is 6.18 Å². The molecular weight excluding hydrogens is 269 g/mol. The second-order valence-electron chi connectivity index (χ2n) is 4.83. The average Bonchev–Trinajstić information content (AvgIpc) is 2.63. The van der Waals surface area contributed by atoms with Gasteiger partial charge in [0.15, 0.2) is 0 Å². The van der Waals surface area contributed by atoms with Gasteiger partial charge in [-0.3, -0.25) is 0 Å². The van der Waals surface area contributed by atoms with E-state index >= 15 is 0 Å². The summed E-state index contributed by atoms with van der Waals surface area (Å²) in [6.07, 6.45) is -2.72. The molecule has 3 N–H and O–H groups in total. The first-order valence-corrected chi connectivity index (χ1v) is 7.62. The molecular formula is C10H19F3N2O2S. The van der Waals surface area contributed by atoms with E-state index in [9.17, 15) is 21.6 Å². The molecule has 8 heteroatoms. The molecule has 0 spiro atoms. The van der Waals surface area contributed by atoms with Crippen LogP contribution in [0.2, 0.25) is 0 Å². The van der Waals surface area contributed by atoms with Crippen LogP contribution in [-0.2, 0) is 10.0 Å². The quantitative estimate of drug-likeness (QED) is 0.778. The van der Waals surface area contributed by atoms with Crippen LogP contribution >= 0.6 is 0 Å². The predicted molar refractivity (Wildman–Crippen MR) is 62.5 cm³/mol. The summed E-state index contributed by atoms with van der Waals surface area (Å²) < 4.78 is 61.7. The first-order chi connectivity index (χ1) is 8.18. The molecule has 0 heterocycles. The second-order valence-corrected chi connectivity index (χ2v) is 6.67. The molecule has 0 aromatic carbocycles. The van der Waals surface area contributed by atoms with Gasteiger partial charge in [0.1, 0.15) is 0 Å². The number of nitrogens with two attached hydrogens (primary N) is 1. The van der Waals surface area contributed by atoms with E-state index < -0.39 is 40.3 Å². The fraction of sp³-hybridized carbons (Fsp3) is 1.00. The minimum atomic E-state index is -4.31. The lowest BCUT2D eigenvalue weighted by Gasteiger charge is -2.28. The van der Waals surface area contributed by atoms with Crippen LogP contribution in [0.3, 0.4) is 0 Å². The van der Waals surface area contributed by atoms with Crippen molar-refractivity contribution in [2.45, 2.75) is 50.2 Å². The monoisotopic (exact) mass is 288 g/mol. The molecule has 0 unspecified atom stereocenters. The van der Waals surface area contributed by atoms with E-state index in [2.05, 4.69) is 4.72 Å². The van der Waals surface area contributed by atoms with Crippen LogP contribution in [0.4, 0.5) is 13.2 Å². The number of sulfonamides is 1. The molecule has 1 fully saturated rings. The Kier molecular flexibility index (Phi) is 5.02. The molecule has 4 nitrogen and oxygen atoms in total. The third-order valence-electron chi connectivity index (χ3n) is 3.20. The van der Waals surface area contributed by atoms with E-state index in [0.717, 1.165) is 12.8 Å². The second kappa shape index (κ2) is 5.75. The van der Waals surface area contributed by atoms with Gasteiger partial charge in [-0.15, -0.1) is 0 Å². The van der Waals surface area contributed by atoms with E-state index in [-0.39, 0.29) is 6.54 Å². The highest BCUT2D eigenvalue weighted by Gasteiger charge is 2.36. The van der Waals surface area contributed by atoms with Gasteiger partial charge in [0.05, 0.1) is 5.75 Å². The molecule has 1 aliphatic carbocycles. The largest absolute Gasteiger partial charge is 0.389 e. The van der Waals surface area contributed by atoms with E-state index in [1.165, 1.54) is 0 Å². The van der Waals surface area contributed by atoms with Crippen LogP contribution in [0.15, 0.2) is 0 Å². The summed E-state index contributed by atoms with van der Waals surface area (Å²) in [6.45, 7) is 0.186. The van der Waals surface area contributed by atoms with Gasteiger partial charge in [0.2, 0.25) is 10.0 Å². The lowest BCUT2D eigenvalue weighted by molar-refractivity contribution is -0.134. The molecule has 0 bridgehead atoms. The molecule has 0 aliphatic heterocycles. The van der Waals surface area contributed by atoms with Crippen molar-refractivity contribution in [2.75, 3.05) is 12.3 Å². The number of alkyl halides is 3. The standard InChI is InChI=1S/C10H19F3N2O2S/c11-10(12,13)6-3-7-18(16,17)15-9(8-14)4-1-2-5-9/h15H,1-8,14H2. The Morgan fingerprint density at radius 2 is 1.78 bits per heavy atom. The Hall–Kier alpha value is -0.340. The number of halogens is 3. The zero-order chi connectivity index (χ0) is 13.9. The van der Waals surface area contributed by atoms with Crippen LogP contribution < -0.4 is 10.5 Å². The SMILES string of the molecule is NCC1(NS(=O)(=O)CCCC(F)(F)F)CCCC1. The third-order valence-corrected chi connectivity index (χ3v) is 4.77. The highest BCUT2D eigenvalue weighted by atomic mass is 32.2. The van der Waals surface area contributed by atoms with Crippen molar-refractivity contribution >= 4 is 10.0 Å². The molecule has 1 aliphatic rings. The molecule has 0 atom stereocenters. The molecule has 0 aromatic rings. The zero-order valence-corrected chi connectivity index (χ0v) is 10.9. The fourth-order valence-corrected chi connectivity index (χ4v) is 3.82. The van der Waals surface area contributed by atoms with Crippen molar-refractivity contribution in [1.82, 2.24) is 4.72 Å². The van der Waals surface area contributed by atoms with Crippen LogP contribution in [-0.4, -0.2) is 32.4 Å². The van der Waals surface area contributed by atoms with Crippen molar-refractivity contribution < 1.29 is 21.6 Å². The van der Waals surface area contributed by atoms with Crippen molar-refractivity contribution in [3.8, 4) is 0 Å². The van der Waals surface area contributed by atoms with Crippen LogP contribution in [0.1, 0.15) is 38.5 Å². The van der Waals surface area contributed by atoms with E-state index in [1.54, 1.807) is 0 Å². The molecule has 1 rings (SSSR count). The summed E-state index contributed by atoms with van der Waals surface area (Å²) in [7, 11) is -3.69. The minimum absolute atomic E-state index is 0.186. The Morgan fingerprint density at radius 3 is 2.22 bits per heavy atom. The normalized spacial score (nSPS) is 20.2. The Labute approximate surface area is 105 Å². The van der Waals surface area contributed by atoms with Crippen LogP contribution in [0.5, 0.6) is 0 Å². The zero-order valence-electron chi connectivity index (χ0n) is 10.1. The van der Waals surface area contributed by atoms with Crippen molar-refractivity contribution in [2.24, 2.45) is 5.73 Å². The van der Waals surface area contributed by atoms with Gasteiger partial charge < -0.3 is 5.73 Å². The Morgan fingerprint density at radius 1 is 1.22 bits per heavy atom. The lowest BCUT2D eigenvalue weighted by Crippen LogP contribution is -2.52. The summed E-state index contributed by atoms with van der Waals surface area (Å²) in [4.78, 5) is 0. The van der Waals surface area contributed by atoms with Gasteiger partial charge in [0.25, 0.3) is 0 Å². The van der Waals surface area contributed by atoms with Crippen LogP contribution in [0.25, 0.3) is 0 Å². The maximum Gasteiger partial charge on any atom is 0.389 e. The number of hydrogen-bond donors (Lipinski definition) is 2. The first-order valence-electron chi connectivity index (χ1n) is 5.97. The summed E-state index contributed by atoms with van der Waals surface area (Å²) in [5, 5.41) is 0. The topological polar surface area (TPSA) is 72.2 Å². The Bertz CT molecular complexity index is 362. The van der Waals surface area contributed by atoms with Crippen molar-refractivity contribution in [3.63, 3.8) is 0 Å². The summed E-state index contributed by atoms with van der Waals surface area (Å²) in [5.41, 5.74) is 4.93. The van der Waals surface area contributed by atoms with E-state index in [1.807, 2.05) is 0 Å². The van der Waals surface area contributed by atoms with Gasteiger partial charge in [-0.1, -0.05) is 12.8 Å². The molecule has 18 heavy (non-hydrogen) atoms. The molecule has 0 aromatic heterocycles. The molecule has 0 saturated heterocycles. The van der Waals surface area contributed by atoms with Crippen molar-refractivity contribution in [3.05, 3.63) is 0 Å². The molecule has 1 saturated carbocycles. The fourth-order valence-electron chi connectivity index (χ4n) is 2.24. The summed E-state index contributed by atoms with van der Waals surface area (Å²) in [6, 6.07) is 0. The minimum Gasteiger partial charge on any atom is -0.329 e. The van der Waals surface area contributed by atoms with E-state index in [4.69, 9.17) is 5.73 Å². The molecule has 108 valence electrons. The number of nitrogens with one attached hydrogen (secondary N) is 1. The average molecular weight is 288 g/mol. The highest BCUT2D eigenvalue weighted by Crippen LogP contribution is 2.29. The highest BCUT2D eigenvalue weighted by molar-refractivity contribution is 7.89. The van der Waals surface area contributed by atoms with Gasteiger partial charge in [0, 0.05) is 18.5 Å². The smallest absolute Gasteiger partial charge is 0.329 e. The number of hydrogen-bond acceptors (Lipinski definition) is 3. The van der Waals surface area contributed by atoms with Gasteiger partial charge in [-0.2, -0.15) is 13.2 Å². The van der Waals surface area contributed by atoms with Crippen molar-refractivity contribution in [1.29, 1.82) is 0 Å². The molecule has 0 radical (unpaired) electrons. The summed E-state index contributed by atoms with van der Waals surface area (Å²) >= 11 is 0. The number of rotatable bonds is 6. The van der Waals surface area contributed by atoms with Crippen LogP contribution in [0, 0.1) is 0 Å².